The molecule has 0 unspecified atom stereocenters. The highest BCUT2D eigenvalue weighted by molar-refractivity contribution is 5.16. The highest BCUT2D eigenvalue weighted by Gasteiger charge is 2.05. The van der Waals surface area contributed by atoms with Gasteiger partial charge in [-0.15, -0.1) is 0 Å². The van der Waals surface area contributed by atoms with Gasteiger partial charge in [-0.25, -0.2) is 0 Å². The number of unbranched alkanes of at least 4 members (excludes halogenated alkanes) is 1. The van der Waals surface area contributed by atoms with Crippen molar-refractivity contribution in [2.45, 2.75) is 26.7 Å². The number of methoxy groups -OCH3 is 1. The standard InChI is InChI=1S/C11H21NO/c1-6-8-9-12(4)11(13-5)10(3)7-2/h7H,2,6,8-9H2,1,3-5H3/b11-10+. The van der Waals surface area contributed by atoms with E-state index >= 15 is 0 Å². The van der Waals surface area contributed by atoms with Crippen LogP contribution in [0.1, 0.15) is 26.7 Å². The Hall–Kier alpha value is -0.920. The lowest BCUT2D eigenvalue weighted by atomic mass is 10.3. The monoisotopic (exact) mass is 183 g/mol. The zero-order valence-electron chi connectivity index (χ0n) is 9.26. The summed E-state index contributed by atoms with van der Waals surface area (Å²) in [5, 5.41) is 0. The SMILES string of the molecule is C=C/C(C)=C(/OC)N(C)CCCC. The summed E-state index contributed by atoms with van der Waals surface area (Å²) in [4.78, 5) is 2.13. The smallest absolute Gasteiger partial charge is 0.191 e. The highest BCUT2D eigenvalue weighted by Crippen LogP contribution is 2.10. The maximum Gasteiger partial charge on any atom is 0.191 e. The van der Waals surface area contributed by atoms with Crippen molar-refractivity contribution in [1.82, 2.24) is 4.90 Å². The zero-order valence-corrected chi connectivity index (χ0v) is 9.26. The molecule has 0 aliphatic rings. The third kappa shape index (κ3) is 4.02. The van der Waals surface area contributed by atoms with Crippen LogP contribution in [0.3, 0.4) is 0 Å². The third-order valence-electron chi connectivity index (χ3n) is 2.03. The van der Waals surface area contributed by atoms with E-state index in [2.05, 4.69) is 18.4 Å². The predicted octanol–water partition coefficient (Wildman–Crippen LogP) is 2.78. The Morgan fingerprint density at radius 1 is 1.54 bits per heavy atom. The molecule has 0 spiro atoms. The van der Waals surface area contributed by atoms with Crippen LogP contribution in [-0.4, -0.2) is 25.6 Å². The Bertz CT molecular complexity index is 185. The largest absolute Gasteiger partial charge is 0.482 e. The van der Waals surface area contributed by atoms with E-state index in [9.17, 15) is 0 Å². The van der Waals surface area contributed by atoms with Crippen molar-refractivity contribution < 1.29 is 4.74 Å². The molecule has 13 heavy (non-hydrogen) atoms. The first-order valence-electron chi connectivity index (χ1n) is 4.75. The molecule has 0 fully saturated rings. The molecule has 0 saturated heterocycles. The summed E-state index contributed by atoms with van der Waals surface area (Å²) < 4.78 is 5.30. The molecule has 2 heteroatoms. The van der Waals surface area contributed by atoms with E-state index in [1.807, 2.05) is 20.0 Å². The molecule has 76 valence electrons. The predicted molar refractivity (Wildman–Crippen MR) is 57.4 cm³/mol. The number of nitrogens with zero attached hydrogens (tertiary/aromatic N) is 1. The average Bonchev–Trinajstić information content (AvgIpc) is 2.15. The summed E-state index contributed by atoms with van der Waals surface area (Å²) in [6, 6.07) is 0. The van der Waals surface area contributed by atoms with E-state index in [1.165, 1.54) is 12.8 Å². The van der Waals surface area contributed by atoms with Crippen molar-refractivity contribution >= 4 is 0 Å². The number of hydrogen-bond acceptors (Lipinski definition) is 2. The van der Waals surface area contributed by atoms with Crippen molar-refractivity contribution in [3.63, 3.8) is 0 Å². The van der Waals surface area contributed by atoms with Gasteiger partial charge in [-0.05, 0) is 13.3 Å². The van der Waals surface area contributed by atoms with Crippen LogP contribution in [0.4, 0.5) is 0 Å². The molecule has 0 aromatic heterocycles. The summed E-state index contributed by atoms with van der Waals surface area (Å²) in [5.74, 6) is 0.920. The summed E-state index contributed by atoms with van der Waals surface area (Å²) in [6.07, 6.45) is 4.21. The number of hydrogen-bond donors (Lipinski definition) is 0. The molecule has 0 aromatic rings. The van der Waals surface area contributed by atoms with Gasteiger partial charge in [0.05, 0.1) is 7.11 Å². The number of allylic oxidation sites excluding steroid dienone is 2. The van der Waals surface area contributed by atoms with E-state index in [-0.39, 0.29) is 0 Å². The van der Waals surface area contributed by atoms with Gasteiger partial charge in [-0.1, -0.05) is 26.0 Å². The summed E-state index contributed by atoms with van der Waals surface area (Å²) in [6.45, 7) is 8.95. The van der Waals surface area contributed by atoms with Crippen LogP contribution in [0.5, 0.6) is 0 Å². The fourth-order valence-corrected chi connectivity index (χ4v) is 1.20. The molecular weight excluding hydrogens is 162 g/mol. The van der Waals surface area contributed by atoms with Gasteiger partial charge in [0, 0.05) is 19.2 Å². The lowest BCUT2D eigenvalue weighted by molar-refractivity contribution is 0.169. The number of ether oxygens (including phenoxy) is 1. The second-order valence-corrected chi connectivity index (χ2v) is 3.17. The van der Waals surface area contributed by atoms with Crippen LogP contribution in [-0.2, 0) is 4.74 Å². The van der Waals surface area contributed by atoms with Crippen molar-refractivity contribution in [3.05, 3.63) is 24.1 Å². The Labute approximate surface area is 81.9 Å². The minimum absolute atomic E-state index is 0.920. The second-order valence-electron chi connectivity index (χ2n) is 3.17. The fourth-order valence-electron chi connectivity index (χ4n) is 1.20. The normalized spacial score (nSPS) is 12.0. The molecule has 0 aromatic carbocycles. The van der Waals surface area contributed by atoms with E-state index < -0.39 is 0 Å². The molecule has 0 aliphatic heterocycles. The van der Waals surface area contributed by atoms with Gasteiger partial charge in [0.25, 0.3) is 0 Å². The summed E-state index contributed by atoms with van der Waals surface area (Å²) in [7, 11) is 3.74. The van der Waals surface area contributed by atoms with Crippen molar-refractivity contribution in [2.75, 3.05) is 20.7 Å². The molecule has 0 rings (SSSR count). The Morgan fingerprint density at radius 3 is 2.54 bits per heavy atom. The first kappa shape index (κ1) is 12.1. The molecule has 0 heterocycles. The molecule has 2 nitrogen and oxygen atoms in total. The molecule has 0 N–H and O–H groups in total. The topological polar surface area (TPSA) is 12.5 Å². The first-order valence-corrected chi connectivity index (χ1v) is 4.75. The lowest BCUT2D eigenvalue weighted by Crippen LogP contribution is -2.21. The van der Waals surface area contributed by atoms with Crippen LogP contribution in [0.2, 0.25) is 0 Å². The Kier molecular flexibility index (Phi) is 6.11. The van der Waals surface area contributed by atoms with E-state index in [4.69, 9.17) is 4.74 Å². The Morgan fingerprint density at radius 2 is 2.15 bits per heavy atom. The molecule has 0 saturated carbocycles. The zero-order chi connectivity index (χ0) is 10.3. The maximum atomic E-state index is 5.30. The van der Waals surface area contributed by atoms with Gasteiger partial charge in [0.1, 0.15) is 0 Å². The minimum atomic E-state index is 0.920. The van der Waals surface area contributed by atoms with Crippen LogP contribution >= 0.6 is 0 Å². The van der Waals surface area contributed by atoms with Gasteiger partial charge >= 0.3 is 0 Å². The van der Waals surface area contributed by atoms with Gasteiger partial charge in [-0.3, -0.25) is 0 Å². The van der Waals surface area contributed by atoms with Crippen LogP contribution in [0, 0.1) is 0 Å². The van der Waals surface area contributed by atoms with Gasteiger partial charge in [0.2, 0.25) is 0 Å². The lowest BCUT2D eigenvalue weighted by Gasteiger charge is -2.22. The van der Waals surface area contributed by atoms with Crippen LogP contribution < -0.4 is 0 Å². The third-order valence-corrected chi connectivity index (χ3v) is 2.03. The quantitative estimate of drug-likeness (QED) is 0.464. The van der Waals surface area contributed by atoms with Crippen molar-refractivity contribution in [1.29, 1.82) is 0 Å². The van der Waals surface area contributed by atoms with E-state index in [0.717, 1.165) is 18.0 Å². The van der Waals surface area contributed by atoms with Gasteiger partial charge < -0.3 is 9.64 Å². The molecule has 0 bridgehead atoms. The van der Waals surface area contributed by atoms with Crippen LogP contribution in [0.25, 0.3) is 0 Å². The summed E-state index contributed by atoms with van der Waals surface area (Å²) >= 11 is 0. The molecule has 0 radical (unpaired) electrons. The fraction of sp³-hybridized carbons (Fsp3) is 0.636. The van der Waals surface area contributed by atoms with Gasteiger partial charge in [-0.2, -0.15) is 0 Å². The molecule has 0 atom stereocenters. The maximum absolute atomic E-state index is 5.30. The summed E-state index contributed by atoms with van der Waals surface area (Å²) in [5.41, 5.74) is 1.08. The highest BCUT2D eigenvalue weighted by atomic mass is 16.5. The second kappa shape index (κ2) is 6.58. The van der Waals surface area contributed by atoms with Crippen LogP contribution in [0.15, 0.2) is 24.1 Å². The van der Waals surface area contributed by atoms with Gasteiger partial charge in [0.15, 0.2) is 5.88 Å². The Balaban J connectivity index is 4.31. The minimum Gasteiger partial charge on any atom is -0.482 e. The van der Waals surface area contributed by atoms with Crippen molar-refractivity contribution in [2.24, 2.45) is 0 Å². The van der Waals surface area contributed by atoms with E-state index in [0.29, 0.717) is 0 Å². The average molecular weight is 183 g/mol. The molecule has 0 amide bonds. The number of rotatable bonds is 6. The first-order chi connectivity index (χ1) is 6.17. The molecule has 0 aliphatic carbocycles. The molecular formula is C11H21NO. The van der Waals surface area contributed by atoms with E-state index in [1.54, 1.807) is 7.11 Å². The van der Waals surface area contributed by atoms with Crippen molar-refractivity contribution in [3.8, 4) is 0 Å².